The SMILES string of the molecule is CO[C@@H](C)CC(=O)NCc1ccc(NC[C@](O)(c2cc(C(F)(F)F)cc(C(F)(F)F)c2)C(F)(F)F)cc1C(F)(F)F. The van der Waals surface area contributed by atoms with Crippen LogP contribution in [0.2, 0.25) is 0 Å². The molecule has 0 heterocycles. The third kappa shape index (κ3) is 8.64. The predicted octanol–water partition coefficient (Wildman–Crippen LogP) is 6.65. The molecular weight excluding hydrogens is 592 g/mol. The van der Waals surface area contributed by atoms with Crippen molar-refractivity contribution < 1.29 is 67.3 Å². The molecule has 0 unspecified atom stereocenters. The summed E-state index contributed by atoms with van der Waals surface area (Å²) in [7, 11) is 1.30. The Balaban J connectivity index is 2.46. The third-order valence-corrected chi connectivity index (χ3v) is 5.85. The topological polar surface area (TPSA) is 70.6 Å². The van der Waals surface area contributed by atoms with Gasteiger partial charge in [0.15, 0.2) is 0 Å². The Kier molecular flexibility index (Phi) is 9.91. The van der Waals surface area contributed by atoms with E-state index in [1.807, 2.05) is 5.32 Å². The minimum atomic E-state index is -5.89. The summed E-state index contributed by atoms with van der Waals surface area (Å²) >= 11 is 0. The molecule has 0 radical (unpaired) electrons. The van der Waals surface area contributed by atoms with E-state index in [0.717, 1.165) is 12.1 Å². The van der Waals surface area contributed by atoms with E-state index in [4.69, 9.17) is 4.74 Å². The Morgan fingerprint density at radius 2 is 1.34 bits per heavy atom. The van der Waals surface area contributed by atoms with Gasteiger partial charge < -0.3 is 20.5 Å². The molecule has 0 saturated carbocycles. The summed E-state index contributed by atoms with van der Waals surface area (Å²) in [6, 6.07) is 0.798. The molecule has 0 spiro atoms. The molecule has 0 bridgehead atoms. The van der Waals surface area contributed by atoms with Crippen LogP contribution in [0.1, 0.15) is 41.2 Å². The largest absolute Gasteiger partial charge is 0.423 e. The average Bonchev–Trinajstić information content (AvgIpc) is 2.83. The van der Waals surface area contributed by atoms with Gasteiger partial charge in [-0.25, -0.2) is 0 Å². The Hall–Kier alpha value is -3.21. The monoisotopic (exact) mass is 614 g/mol. The van der Waals surface area contributed by atoms with Crippen LogP contribution >= 0.6 is 0 Å². The first-order valence-electron chi connectivity index (χ1n) is 11.3. The second-order valence-electron chi connectivity index (χ2n) is 8.90. The van der Waals surface area contributed by atoms with Crippen LogP contribution < -0.4 is 10.6 Å². The number of methoxy groups -OCH3 is 1. The van der Waals surface area contributed by atoms with Gasteiger partial charge in [-0.2, -0.15) is 52.7 Å². The number of rotatable bonds is 9. The van der Waals surface area contributed by atoms with E-state index in [9.17, 15) is 62.6 Å². The molecule has 2 atom stereocenters. The zero-order valence-corrected chi connectivity index (χ0v) is 21.0. The highest BCUT2D eigenvalue weighted by Crippen LogP contribution is 2.44. The minimum absolute atomic E-state index is 0.195. The molecule has 17 heteroatoms. The van der Waals surface area contributed by atoms with Crippen molar-refractivity contribution in [1.82, 2.24) is 5.32 Å². The van der Waals surface area contributed by atoms with Crippen LogP contribution in [0.3, 0.4) is 0 Å². The van der Waals surface area contributed by atoms with Crippen LogP contribution in [0.25, 0.3) is 0 Å². The number of halogens is 12. The standard InChI is InChI=1S/C24H22F12N2O3/c1-12(41-2)5-19(39)37-10-13-3-4-17(9-18(13)23(31,32)33)38-11-20(40,24(34,35)36)14-6-15(21(25,26)27)8-16(7-14)22(28,29)30/h3-4,6-9,12,38,40H,5,10-11H2,1-2H3,(H,37,39)/t12-,20-/m0/s1. The van der Waals surface area contributed by atoms with Gasteiger partial charge in [0.1, 0.15) is 0 Å². The number of ether oxygens (including phenoxy) is 1. The molecule has 41 heavy (non-hydrogen) atoms. The van der Waals surface area contributed by atoms with Crippen molar-refractivity contribution in [2.45, 2.75) is 56.3 Å². The Morgan fingerprint density at radius 1 is 0.829 bits per heavy atom. The van der Waals surface area contributed by atoms with Crippen LogP contribution in [0.4, 0.5) is 58.4 Å². The number of amides is 1. The summed E-state index contributed by atoms with van der Waals surface area (Å²) in [5.41, 5.74) is -13.2. The van der Waals surface area contributed by atoms with Gasteiger partial charge in [0.05, 0.1) is 35.8 Å². The molecule has 2 rings (SSSR count). The van der Waals surface area contributed by atoms with Crippen molar-refractivity contribution in [1.29, 1.82) is 0 Å². The van der Waals surface area contributed by atoms with Crippen molar-refractivity contribution >= 4 is 11.6 Å². The van der Waals surface area contributed by atoms with E-state index >= 15 is 0 Å². The minimum Gasteiger partial charge on any atom is -0.381 e. The molecule has 3 N–H and O–H groups in total. The lowest BCUT2D eigenvalue weighted by Crippen LogP contribution is -2.48. The summed E-state index contributed by atoms with van der Waals surface area (Å²) in [4.78, 5) is 11.9. The number of aliphatic hydroxyl groups is 1. The molecule has 0 saturated heterocycles. The molecule has 0 fully saturated rings. The Morgan fingerprint density at radius 3 is 1.78 bits per heavy atom. The Bertz CT molecular complexity index is 1190. The fraction of sp³-hybridized carbons (Fsp3) is 0.458. The highest BCUT2D eigenvalue weighted by Gasteiger charge is 2.56. The maximum Gasteiger partial charge on any atom is 0.423 e. The van der Waals surface area contributed by atoms with E-state index < -0.39 is 95.0 Å². The van der Waals surface area contributed by atoms with Gasteiger partial charge in [0, 0.05) is 19.3 Å². The number of nitrogens with one attached hydrogen (secondary N) is 2. The Labute approximate surface area is 224 Å². The molecule has 0 aliphatic heterocycles. The highest BCUT2D eigenvalue weighted by molar-refractivity contribution is 5.76. The lowest BCUT2D eigenvalue weighted by atomic mass is 9.89. The third-order valence-electron chi connectivity index (χ3n) is 5.85. The van der Waals surface area contributed by atoms with Gasteiger partial charge in [0.25, 0.3) is 0 Å². The summed E-state index contributed by atoms with van der Waals surface area (Å²) in [6.45, 7) is -0.995. The molecule has 230 valence electrons. The van der Waals surface area contributed by atoms with Crippen LogP contribution in [0, 0.1) is 0 Å². The summed E-state index contributed by atoms with van der Waals surface area (Å²) in [5, 5.41) is 14.4. The van der Waals surface area contributed by atoms with Gasteiger partial charge in [-0.3, -0.25) is 4.79 Å². The summed E-state index contributed by atoms with van der Waals surface area (Å²) in [6.07, 6.45) is -22.8. The fourth-order valence-electron chi connectivity index (χ4n) is 3.50. The van der Waals surface area contributed by atoms with Crippen LogP contribution in [0.15, 0.2) is 36.4 Å². The van der Waals surface area contributed by atoms with Gasteiger partial charge in [0.2, 0.25) is 11.5 Å². The first-order chi connectivity index (χ1) is 18.5. The van der Waals surface area contributed by atoms with E-state index in [1.165, 1.54) is 14.0 Å². The first kappa shape index (κ1) is 34.0. The lowest BCUT2D eigenvalue weighted by molar-refractivity contribution is -0.261. The molecule has 0 aliphatic rings. The van der Waals surface area contributed by atoms with Crippen molar-refractivity contribution in [3.05, 3.63) is 64.2 Å². The number of hydrogen-bond acceptors (Lipinski definition) is 4. The van der Waals surface area contributed by atoms with Gasteiger partial charge in [-0.1, -0.05) is 6.07 Å². The van der Waals surface area contributed by atoms with E-state index in [-0.39, 0.29) is 18.6 Å². The maximum absolute atomic E-state index is 13.9. The van der Waals surface area contributed by atoms with Crippen LogP contribution in [0.5, 0.6) is 0 Å². The molecule has 0 aliphatic carbocycles. The highest BCUT2D eigenvalue weighted by atomic mass is 19.4. The number of alkyl halides is 12. The number of carbonyl (C=O) groups excluding carboxylic acids is 1. The van der Waals surface area contributed by atoms with E-state index in [1.54, 1.807) is 0 Å². The van der Waals surface area contributed by atoms with Crippen molar-refractivity contribution in [3.8, 4) is 0 Å². The van der Waals surface area contributed by atoms with Crippen molar-refractivity contribution in [3.63, 3.8) is 0 Å². The van der Waals surface area contributed by atoms with Crippen LogP contribution in [-0.4, -0.2) is 36.9 Å². The molecule has 1 amide bonds. The fourth-order valence-corrected chi connectivity index (χ4v) is 3.50. The molecule has 2 aromatic carbocycles. The number of anilines is 1. The van der Waals surface area contributed by atoms with Gasteiger partial charge in [-0.05, 0) is 48.4 Å². The number of benzene rings is 2. The second-order valence-corrected chi connectivity index (χ2v) is 8.90. The van der Waals surface area contributed by atoms with Gasteiger partial charge >= 0.3 is 24.7 Å². The number of hydrogen-bond donors (Lipinski definition) is 3. The van der Waals surface area contributed by atoms with E-state index in [2.05, 4.69) is 5.32 Å². The van der Waals surface area contributed by atoms with Gasteiger partial charge in [-0.15, -0.1) is 0 Å². The predicted molar refractivity (Wildman–Crippen MR) is 119 cm³/mol. The maximum atomic E-state index is 13.9. The van der Waals surface area contributed by atoms with Crippen molar-refractivity contribution in [2.75, 3.05) is 19.0 Å². The number of carbonyl (C=O) groups is 1. The molecule has 2 aromatic rings. The smallest absolute Gasteiger partial charge is 0.381 e. The lowest BCUT2D eigenvalue weighted by Gasteiger charge is -2.32. The van der Waals surface area contributed by atoms with E-state index in [0.29, 0.717) is 6.07 Å². The average molecular weight is 614 g/mol. The second kappa shape index (κ2) is 12.0. The van der Waals surface area contributed by atoms with Crippen molar-refractivity contribution in [2.24, 2.45) is 0 Å². The molecular formula is C24H22F12N2O3. The molecule has 0 aromatic heterocycles. The zero-order chi connectivity index (χ0) is 31.6. The normalized spacial score (nSPS) is 15.3. The zero-order valence-electron chi connectivity index (χ0n) is 21.0. The first-order valence-corrected chi connectivity index (χ1v) is 11.3. The van der Waals surface area contributed by atoms with Crippen LogP contribution in [-0.2, 0) is 40.2 Å². The quantitative estimate of drug-likeness (QED) is 0.277. The summed E-state index contributed by atoms with van der Waals surface area (Å²) < 4.78 is 167. The molecule has 5 nitrogen and oxygen atoms in total. The summed E-state index contributed by atoms with van der Waals surface area (Å²) in [5.74, 6) is -0.677.